The highest BCUT2D eigenvalue weighted by atomic mass is 16.6. The molecule has 0 aromatic carbocycles. The van der Waals surface area contributed by atoms with Gasteiger partial charge in [0.05, 0.1) is 6.54 Å². The molecule has 0 aliphatic carbocycles. The molecule has 2 rings (SSSR count). The Morgan fingerprint density at radius 1 is 1.79 bits per heavy atom. The van der Waals surface area contributed by atoms with Crippen LogP contribution in [0.3, 0.4) is 0 Å². The normalized spacial score (nSPS) is 20.3. The van der Waals surface area contributed by atoms with Crippen LogP contribution < -0.4 is 5.73 Å². The van der Waals surface area contributed by atoms with Gasteiger partial charge in [-0.1, -0.05) is 5.16 Å². The molecule has 0 bridgehead atoms. The second-order valence-electron chi connectivity index (χ2n) is 2.95. The molecule has 2 N–H and O–H groups in total. The fraction of sp³-hybridized carbons (Fsp3) is 0.429. The van der Waals surface area contributed by atoms with E-state index >= 15 is 0 Å². The van der Waals surface area contributed by atoms with Crippen LogP contribution in [-0.2, 0) is 16.2 Å². The first kappa shape index (κ1) is 8.67. The van der Waals surface area contributed by atoms with Gasteiger partial charge in [-0.25, -0.2) is 9.67 Å². The topological polar surface area (TPSA) is 95.4 Å². The van der Waals surface area contributed by atoms with E-state index in [1.165, 1.54) is 6.33 Å². The summed E-state index contributed by atoms with van der Waals surface area (Å²) in [6.45, 7) is 0.514. The van der Waals surface area contributed by atoms with Crippen LogP contribution in [-0.4, -0.2) is 32.5 Å². The molecule has 1 aromatic rings. The molecule has 1 unspecified atom stereocenters. The van der Waals surface area contributed by atoms with Crippen LogP contribution in [0.25, 0.3) is 0 Å². The zero-order chi connectivity index (χ0) is 9.97. The van der Waals surface area contributed by atoms with Gasteiger partial charge in [-0.05, 0) is 0 Å². The lowest BCUT2D eigenvalue weighted by Gasteiger charge is -2.06. The molecule has 1 atom stereocenters. The summed E-state index contributed by atoms with van der Waals surface area (Å²) in [4.78, 5) is 19.5. The molecular formula is C7H9N5O2. The number of primary amides is 1. The molecule has 2 heterocycles. The highest BCUT2D eigenvalue weighted by Gasteiger charge is 2.24. The van der Waals surface area contributed by atoms with Crippen LogP contribution >= 0.6 is 0 Å². The molecule has 7 heteroatoms. The van der Waals surface area contributed by atoms with Gasteiger partial charge in [0.15, 0.2) is 6.10 Å². The maximum absolute atomic E-state index is 10.7. The largest absolute Gasteiger partial charge is 0.390 e. The second-order valence-corrected chi connectivity index (χ2v) is 2.95. The van der Waals surface area contributed by atoms with Gasteiger partial charge in [0, 0.05) is 6.42 Å². The number of oxime groups is 1. The molecule has 74 valence electrons. The van der Waals surface area contributed by atoms with Gasteiger partial charge in [-0.3, -0.25) is 4.79 Å². The number of hydrogen-bond acceptors (Lipinski definition) is 5. The summed E-state index contributed by atoms with van der Waals surface area (Å²) in [6.07, 6.45) is 3.25. The van der Waals surface area contributed by atoms with Crippen molar-refractivity contribution in [3.8, 4) is 0 Å². The van der Waals surface area contributed by atoms with Gasteiger partial charge in [0.2, 0.25) is 0 Å². The second kappa shape index (κ2) is 3.44. The monoisotopic (exact) mass is 195 g/mol. The van der Waals surface area contributed by atoms with Crippen LogP contribution in [0.15, 0.2) is 17.8 Å². The molecule has 0 saturated carbocycles. The van der Waals surface area contributed by atoms with Gasteiger partial charge in [0.25, 0.3) is 5.91 Å². The SMILES string of the molecule is NC(=O)C1=NOC(Cn2cncn2)C1. The van der Waals surface area contributed by atoms with Gasteiger partial charge in [-0.2, -0.15) is 5.10 Å². The zero-order valence-electron chi connectivity index (χ0n) is 7.33. The summed E-state index contributed by atoms with van der Waals surface area (Å²) in [6, 6.07) is 0. The molecule has 0 fully saturated rings. The third-order valence-corrected chi connectivity index (χ3v) is 1.87. The minimum atomic E-state index is -0.536. The Bertz CT molecular complexity index is 358. The van der Waals surface area contributed by atoms with Crippen LogP contribution in [0.5, 0.6) is 0 Å². The molecule has 1 aliphatic heterocycles. The number of amides is 1. The number of aromatic nitrogens is 3. The maximum Gasteiger partial charge on any atom is 0.266 e. The lowest BCUT2D eigenvalue weighted by atomic mass is 10.2. The Morgan fingerprint density at radius 3 is 3.21 bits per heavy atom. The highest BCUT2D eigenvalue weighted by Crippen LogP contribution is 2.11. The number of carbonyl (C=O) groups excluding carboxylic acids is 1. The molecule has 0 radical (unpaired) electrons. The average Bonchev–Trinajstić information content (AvgIpc) is 2.75. The molecule has 14 heavy (non-hydrogen) atoms. The Hall–Kier alpha value is -1.92. The van der Waals surface area contributed by atoms with E-state index in [1.807, 2.05) is 0 Å². The van der Waals surface area contributed by atoms with E-state index in [9.17, 15) is 4.79 Å². The van der Waals surface area contributed by atoms with Gasteiger partial charge in [-0.15, -0.1) is 0 Å². The Balaban J connectivity index is 1.90. The molecule has 1 aliphatic rings. The summed E-state index contributed by atoms with van der Waals surface area (Å²) in [5.74, 6) is -0.536. The van der Waals surface area contributed by atoms with Crippen molar-refractivity contribution in [3.63, 3.8) is 0 Å². The zero-order valence-corrected chi connectivity index (χ0v) is 7.33. The van der Waals surface area contributed by atoms with Crippen LogP contribution in [0, 0.1) is 0 Å². The lowest BCUT2D eigenvalue weighted by molar-refractivity contribution is -0.112. The predicted octanol–water partition coefficient (Wildman–Crippen LogP) is -1.09. The number of nitrogens with two attached hydrogens (primary N) is 1. The van der Waals surface area contributed by atoms with E-state index in [4.69, 9.17) is 10.6 Å². The van der Waals surface area contributed by atoms with Gasteiger partial charge < -0.3 is 10.6 Å². The van der Waals surface area contributed by atoms with Crippen LogP contribution in [0.1, 0.15) is 6.42 Å². The smallest absolute Gasteiger partial charge is 0.266 e. The van der Waals surface area contributed by atoms with E-state index in [0.29, 0.717) is 13.0 Å². The minimum Gasteiger partial charge on any atom is -0.390 e. The van der Waals surface area contributed by atoms with Crippen molar-refractivity contribution in [2.75, 3.05) is 0 Å². The van der Waals surface area contributed by atoms with E-state index < -0.39 is 5.91 Å². The summed E-state index contributed by atoms with van der Waals surface area (Å²) in [5.41, 5.74) is 5.32. The van der Waals surface area contributed by atoms with Crippen molar-refractivity contribution in [1.29, 1.82) is 0 Å². The Kier molecular flexibility index (Phi) is 2.13. The molecule has 0 saturated heterocycles. The third-order valence-electron chi connectivity index (χ3n) is 1.87. The van der Waals surface area contributed by atoms with Crippen molar-refractivity contribution >= 4 is 11.6 Å². The lowest BCUT2D eigenvalue weighted by Crippen LogP contribution is -2.24. The molecule has 1 aromatic heterocycles. The first-order valence-electron chi connectivity index (χ1n) is 4.10. The van der Waals surface area contributed by atoms with Crippen LogP contribution in [0.2, 0.25) is 0 Å². The minimum absolute atomic E-state index is 0.181. The Morgan fingerprint density at radius 2 is 2.64 bits per heavy atom. The Labute approximate surface area is 79.5 Å². The number of hydrogen-bond donors (Lipinski definition) is 1. The first-order chi connectivity index (χ1) is 6.75. The number of carbonyl (C=O) groups is 1. The van der Waals surface area contributed by atoms with Gasteiger partial charge >= 0.3 is 0 Å². The van der Waals surface area contributed by atoms with Crippen molar-refractivity contribution in [2.24, 2.45) is 10.9 Å². The van der Waals surface area contributed by atoms with E-state index in [1.54, 1.807) is 11.0 Å². The van der Waals surface area contributed by atoms with Gasteiger partial charge in [0.1, 0.15) is 18.4 Å². The number of rotatable bonds is 3. The van der Waals surface area contributed by atoms with Crippen molar-refractivity contribution in [1.82, 2.24) is 14.8 Å². The standard InChI is InChI=1S/C7H9N5O2/c8-7(13)6-1-5(14-11-6)2-12-4-9-3-10-12/h3-5H,1-2H2,(H2,8,13). The van der Waals surface area contributed by atoms with E-state index in [-0.39, 0.29) is 11.8 Å². The third kappa shape index (κ3) is 1.70. The number of nitrogens with zero attached hydrogens (tertiary/aromatic N) is 4. The first-order valence-corrected chi connectivity index (χ1v) is 4.10. The summed E-state index contributed by atoms with van der Waals surface area (Å²) in [5, 5.41) is 7.49. The predicted molar refractivity (Wildman–Crippen MR) is 46.1 cm³/mol. The molecule has 7 nitrogen and oxygen atoms in total. The average molecular weight is 195 g/mol. The van der Waals surface area contributed by atoms with Crippen molar-refractivity contribution in [2.45, 2.75) is 19.1 Å². The molecule has 0 spiro atoms. The molecular weight excluding hydrogens is 186 g/mol. The summed E-state index contributed by atoms with van der Waals surface area (Å²) in [7, 11) is 0. The van der Waals surface area contributed by atoms with Crippen molar-refractivity contribution < 1.29 is 9.63 Å². The fourth-order valence-corrected chi connectivity index (χ4v) is 1.21. The maximum atomic E-state index is 10.7. The highest BCUT2D eigenvalue weighted by molar-refractivity contribution is 6.38. The molecule has 1 amide bonds. The summed E-state index contributed by atoms with van der Waals surface area (Å²) >= 11 is 0. The van der Waals surface area contributed by atoms with E-state index in [2.05, 4.69) is 15.2 Å². The summed E-state index contributed by atoms with van der Waals surface area (Å²) < 4.78 is 1.62. The van der Waals surface area contributed by atoms with E-state index in [0.717, 1.165) is 0 Å². The van der Waals surface area contributed by atoms with Crippen LogP contribution in [0.4, 0.5) is 0 Å². The van der Waals surface area contributed by atoms with Crippen molar-refractivity contribution in [3.05, 3.63) is 12.7 Å². The quantitative estimate of drug-likeness (QED) is 0.662. The fourth-order valence-electron chi connectivity index (χ4n) is 1.21.